The Labute approximate surface area is 142 Å². The first kappa shape index (κ1) is 17.8. The third kappa shape index (κ3) is 4.97. The number of hydrogen-bond acceptors (Lipinski definition) is 4. The number of thioether (sulfide) groups is 1. The Balaban J connectivity index is 1.87. The second-order valence-electron chi connectivity index (χ2n) is 6.05. The summed E-state index contributed by atoms with van der Waals surface area (Å²) in [5.74, 6) is -0.238. The highest BCUT2D eigenvalue weighted by molar-refractivity contribution is 7.98. The lowest BCUT2D eigenvalue weighted by Crippen LogP contribution is -2.34. The van der Waals surface area contributed by atoms with Gasteiger partial charge in [-0.25, -0.2) is 0 Å². The Morgan fingerprint density at radius 3 is 2.65 bits per heavy atom. The van der Waals surface area contributed by atoms with Gasteiger partial charge >= 0.3 is 0 Å². The maximum atomic E-state index is 12.2. The molecule has 1 aromatic carbocycles. The van der Waals surface area contributed by atoms with Crippen molar-refractivity contribution >= 4 is 29.3 Å². The molecule has 1 N–H and O–H groups in total. The van der Waals surface area contributed by atoms with Crippen molar-refractivity contribution in [3.63, 3.8) is 0 Å². The summed E-state index contributed by atoms with van der Waals surface area (Å²) in [6.07, 6.45) is 3.23. The van der Waals surface area contributed by atoms with E-state index in [4.69, 9.17) is 0 Å². The SMILES string of the molecule is CSc1ccc(N2CC(C(=O)NCCCN(C)C)CC2=O)cc1. The van der Waals surface area contributed by atoms with Gasteiger partial charge < -0.3 is 15.1 Å². The van der Waals surface area contributed by atoms with Gasteiger partial charge in [0.2, 0.25) is 11.8 Å². The number of nitrogens with zero attached hydrogens (tertiary/aromatic N) is 2. The summed E-state index contributed by atoms with van der Waals surface area (Å²) >= 11 is 1.67. The average molecular weight is 335 g/mol. The molecule has 1 aromatic rings. The van der Waals surface area contributed by atoms with Crippen LogP contribution in [0.3, 0.4) is 0 Å². The van der Waals surface area contributed by atoms with Crippen LogP contribution in [0.1, 0.15) is 12.8 Å². The zero-order valence-electron chi connectivity index (χ0n) is 14.0. The molecule has 1 unspecified atom stereocenters. The van der Waals surface area contributed by atoms with Gasteiger partial charge in [0.25, 0.3) is 0 Å². The molecule has 126 valence electrons. The Morgan fingerprint density at radius 1 is 1.35 bits per heavy atom. The first-order chi connectivity index (χ1) is 11.0. The van der Waals surface area contributed by atoms with Gasteiger partial charge in [0, 0.05) is 30.1 Å². The summed E-state index contributed by atoms with van der Waals surface area (Å²) < 4.78 is 0. The molecule has 0 aromatic heterocycles. The van der Waals surface area contributed by atoms with Crippen LogP contribution in [0.15, 0.2) is 29.2 Å². The van der Waals surface area contributed by atoms with E-state index in [1.807, 2.05) is 44.6 Å². The van der Waals surface area contributed by atoms with Gasteiger partial charge in [-0.15, -0.1) is 11.8 Å². The molecule has 6 heteroatoms. The van der Waals surface area contributed by atoms with E-state index in [1.165, 1.54) is 0 Å². The van der Waals surface area contributed by atoms with Crippen molar-refractivity contribution in [1.82, 2.24) is 10.2 Å². The van der Waals surface area contributed by atoms with E-state index >= 15 is 0 Å². The topological polar surface area (TPSA) is 52.7 Å². The van der Waals surface area contributed by atoms with E-state index in [1.54, 1.807) is 16.7 Å². The molecular weight excluding hydrogens is 310 g/mol. The van der Waals surface area contributed by atoms with Crippen molar-refractivity contribution < 1.29 is 9.59 Å². The molecule has 0 saturated carbocycles. The summed E-state index contributed by atoms with van der Waals surface area (Å²) in [5, 5.41) is 2.94. The minimum Gasteiger partial charge on any atom is -0.356 e. The Morgan fingerprint density at radius 2 is 2.04 bits per heavy atom. The highest BCUT2D eigenvalue weighted by Gasteiger charge is 2.34. The normalized spacial score (nSPS) is 17.8. The number of carbonyl (C=O) groups excluding carboxylic acids is 2. The van der Waals surface area contributed by atoms with Crippen LogP contribution in [-0.4, -0.2) is 56.7 Å². The van der Waals surface area contributed by atoms with Crippen LogP contribution in [0.2, 0.25) is 0 Å². The molecule has 2 amide bonds. The van der Waals surface area contributed by atoms with Crippen LogP contribution < -0.4 is 10.2 Å². The summed E-state index contributed by atoms with van der Waals surface area (Å²) in [4.78, 5) is 29.4. The number of rotatable bonds is 7. The van der Waals surface area contributed by atoms with E-state index in [2.05, 4.69) is 10.2 Å². The molecular formula is C17H25N3O2S. The Bertz CT molecular complexity index is 545. The number of anilines is 1. The quantitative estimate of drug-likeness (QED) is 0.610. The fraction of sp³-hybridized carbons (Fsp3) is 0.529. The zero-order chi connectivity index (χ0) is 16.8. The number of amides is 2. The Hall–Kier alpha value is -1.53. The van der Waals surface area contributed by atoms with Gasteiger partial charge in [-0.05, 0) is 57.6 Å². The molecule has 0 radical (unpaired) electrons. The van der Waals surface area contributed by atoms with Gasteiger partial charge in [-0.3, -0.25) is 9.59 Å². The minimum atomic E-state index is -0.248. The zero-order valence-corrected chi connectivity index (χ0v) is 14.9. The van der Waals surface area contributed by atoms with Crippen LogP contribution in [0.25, 0.3) is 0 Å². The van der Waals surface area contributed by atoms with Crippen LogP contribution in [0.5, 0.6) is 0 Å². The standard InChI is InChI=1S/C17H25N3O2S/c1-19(2)10-4-9-18-17(22)13-11-16(21)20(12-13)14-5-7-15(23-3)8-6-14/h5-8,13H,4,9-12H2,1-3H3,(H,18,22). The highest BCUT2D eigenvalue weighted by Crippen LogP contribution is 2.27. The lowest BCUT2D eigenvalue weighted by molar-refractivity contribution is -0.126. The average Bonchev–Trinajstić information content (AvgIpc) is 2.93. The van der Waals surface area contributed by atoms with E-state index in [9.17, 15) is 9.59 Å². The predicted octanol–water partition coefficient (Wildman–Crippen LogP) is 1.83. The highest BCUT2D eigenvalue weighted by atomic mass is 32.2. The van der Waals surface area contributed by atoms with E-state index in [-0.39, 0.29) is 17.7 Å². The monoisotopic (exact) mass is 335 g/mol. The maximum absolute atomic E-state index is 12.2. The molecule has 5 nitrogen and oxygen atoms in total. The molecule has 0 bridgehead atoms. The van der Waals surface area contributed by atoms with Crippen molar-refractivity contribution in [3.8, 4) is 0 Å². The lowest BCUT2D eigenvalue weighted by atomic mass is 10.1. The van der Waals surface area contributed by atoms with Gasteiger partial charge in [0.1, 0.15) is 0 Å². The van der Waals surface area contributed by atoms with Gasteiger partial charge in [-0.2, -0.15) is 0 Å². The second kappa shape index (κ2) is 8.36. The first-order valence-electron chi connectivity index (χ1n) is 7.88. The van der Waals surface area contributed by atoms with E-state index in [0.717, 1.165) is 23.5 Å². The molecule has 1 saturated heterocycles. The molecule has 1 aliphatic rings. The molecule has 1 fully saturated rings. The number of carbonyl (C=O) groups is 2. The summed E-state index contributed by atoms with van der Waals surface area (Å²) in [5.41, 5.74) is 0.871. The van der Waals surface area contributed by atoms with Gasteiger partial charge in [-0.1, -0.05) is 0 Å². The third-order valence-electron chi connectivity index (χ3n) is 3.96. The fourth-order valence-corrected chi connectivity index (χ4v) is 3.05. The van der Waals surface area contributed by atoms with Crippen molar-refractivity contribution in [1.29, 1.82) is 0 Å². The molecule has 1 aliphatic heterocycles. The van der Waals surface area contributed by atoms with E-state index in [0.29, 0.717) is 19.5 Å². The molecule has 1 heterocycles. The van der Waals surface area contributed by atoms with Gasteiger partial charge in [0.05, 0.1) is 5.92 Å². The number of benzene rings is 1. The second-order valence-corrected chi connectivity index (χ2v) is 6.93. The smallest absolute Gasteiger partial charge is 0.227 e. The summed E-state index contributed by atoms with van der Waals surface area (Å²) in [7, 11) is 4.02. The third-order valence-corrected chi connectivity index (χ3v) is 4.70. The summed E-state index contributed by atoms with van der Waals surface area (Å²) in [6.45, 7) is 2.07. The molecule has 23 heavy (non-hydrogen) atoms. The largest absolute Gasteiger partial charge is 0.356 e. The van der Waals surface area contributed by atoms with Crippen LogP contribution >= 0.6 is 11.8 Å². The summed E-state index contributed by atoms with van der Waals surface area (Å²) in [6, 6.07) is 7.89. The number of nitrogens with one attached hydrogen (secondary N) is 1. The first-order valence-corrected chi connectivity index (χ1v) is 9.10. The van der Waals surface area contributed by atoms with Gasteiger partial charge in [0.15, 0.2) is 0 Å². The molecule has 2 rings (SSSR count). The minimum absolute atomic E-state index is 0.0136. The van der Waals surface area contributed by atoms with Crippen molar-refractivity contribution in [3.05, 3.63) is 24.3 Å². The van der Waals surface area contributed by atoms with Crippen LogP contribution in [-0.2, 0) is 9.59 Å². The van der Waals surface area contributed by atoms with Crippen LogP contribution in [0.4, 0.5) is 5.69 Å². The van der Waals surface area contributed by atoms with Crippen LogP contribution in [0, 0.1) is 5.92 Å². The maximum Gasteiger partial charge on any atom is 0.227 e. The fourth-order valence-electron chi connectivity index (χ4n) is 2.65. The molecule has 1 atom stereocenters. The molecule has 0 aliphatic carbocycles. The Kier molecular flexibility index (Phi) is 6.47. The van der Waals surface area contributed by atoms with Crippen molar-refractivity contribution in [2.75, 3.05) is 44.9 Å². The predicted molar refractivity (Wildman–Crippen MR) is 94.9 cm³/mol. The van der Waals surface area contributed by atoms with Crippen molar-refractivity contribution in [2.45, 2.75) is 17.7 Å². The number of hydrogen-bond donors (Lipinski definition) is 1. The lowest BCUT2D eigenvalue weighted by Gasteiger charge is -2.17. The van der Waals surface area contributed by atoms with E-state index < -0.39 is 0 Å². The van der Waals surface area contributed by atoms with Crippen molar-refractivity contribution in [2.24, 2.45) is 5.92 Å². The molecule has 0 spiro atoms.